The lowest BCUT2D eigenvalue weighted by atomic mass is 9.97. The lowest BCUT2D eigenvalue weighted by Gasteiger charge is -2.40. The van der Waals surface area contributed by atoms with Crippen LogP contribution in [0.3, 0.4) is 0 Å². The third-order valence-corrected chi connectivity index (χ3v) is 5.75. The Balaban J connectivity index is 4.67. The molecule has 5 heteroatoms. The van der Waals surface area contributed by atoms with E-state index < -0.39 is 20.2 Å². The van der Waals surface area contributed by atoms with Crippen molar-refractivity contribution < 1.29 is 14.3 Å². The summed E-state index contributed by atoms with van der Waals surface area (Å²) in [6, 6.07) is 0. The number of hydrogen-bond acceptors (Lipinski definition) is 3. The molecule has 3 nitrogen and oxygen atoms in total. The number of aliphatic hydroxyl groups is 1. The summed E-state index contributed by atoms with van der Waals surface area (Å²) in [6.45, 7) is 10.4. The van der Waals surface area contributed by atoms with Gasteiger partial charge in [0.1, 0.15) is 5.60 Å². The lowest BCUT2D eigenvalue weighted by Crippen LogP contribution is -2.50. The summed E-state index contributed by atoms with van der Waals surface area (Å²) in [5.74, 6) is 0. The quantitative estimate of drug-likeness (QED) is 0.560. The molecule has 1 N–H and O–H groups in total. The normalized spacial score (nSPS) is 20.4. The van der Waals surface area contributed by atoms with Crippen molar-refractivity contribution in [1.82, 2.24) is 0 Å². The van der Waals surface area contributed by atoms with Crippen LogP contribution < -0.4 is 0 Å². The second-order valence-corrected chi connectivity index (χ2v) is 11.5. The molecular weight excluding hydrogens is 236 g/mol. The van der Waals surface area contributed by atoms with Gasteiger partial charge in [-0.1, -0.05) is 19.8 Å². The molecule has 0 aromatic heterocycles. The van der Waals surface area contributed by atoms with E-state index in [1.54, 1.807) is 7.11 Å². The van der Waals surface area contributed by atoms with Crippen molar-refractivity contribution in [3.05, 3.63) is 0 Å². The molecule has 0 saturated carbocycles. The number of ether oxygens (including phenoxy) is 1. The van der Waals surface area contributed by atoms with Crippen molar-refractivity contribution in [3.63, 3.8) is 0 Å². The average molecular weight is 265 g/mol. The third-order valence-electron chi connectivity index (χ3n) is 3.10. The molecule has 0 aliphatic rings. The highest BCUT2D eigenvalue weighted by Crippen LogP contribution is 2.33. The third kappa shape index (κ3) is 4.67. The van der Waals surface area contributed by atoms with E-state index in [1.165, 1.54) is 0 Å². The standard InChI is InChI=1S/C11H28O3Si2/c1-7-8-9(15)11(2,13-3)10(12)14-16(4,5)6/h9-10,12H,7-8H2,1-6,15H3. The highest BCUT2D eigenvalue weighted by Gasteiger charge is 2.40. The largest absolute Gasteiger partial charge is 0.391 e. The molecule has 0 saturated heterocycles. The molecular formula is C11H28O3Si2. The van der Waals surface area contributed by atoms with Crippen LogP contribution in [0.1, 0.15) is 26.7 Å². The van der Waals surface area contributed by atoms with Crippen LogP contribution in [0.5, 0.6) is 0 Å². The van der Waals surface area contributed by atoms with Gasteiger partial charge in [0, 0.05) is 17.4 Å². The highest BCUT2D eigenvalue weighted by molar-refractivity contribution is 6.69. The van der Waals surface area contributed by atoms with Gasteiger partial charge in [-0.05, 0) is 32.1 Å². The first kappa shape index (κ1) is 16.3. The van der Waals surface area contributed by atoms with Crippen LogP contribution in [0.4, 0.5) is 0 Å². The molecule has 0 fully saturated rings. The summed E-state index contributed by atoms with van der Waals surface area (Å²) in [6.07, 6.45) is 1.40. The molecule has 0 heterocycles. The maximum atomic E-state index is 10.2. The van der Waals surface area contributed by atoms with Gasteiger partial charge in [-0.15, -0.1) is 0 Å². The summed E-state index contributed by atoms with van der Waals surface area (Å²) < 4.78 is 11.3. The Kier molecular flexibility index (Phi) is 6.43. The predicted octanol–water partition coefficient (Wildman–Crippen LogP) is 1.52. The van der Waals surface area contributed by atoms with Crippen LogP contribution in [0, 0.1) is 0 Å². The fraction of sp³-hybridized carbons (Fsp3) is 1.00. The van der Waals surface area contributed by atoms with Crippen LogP contribution in [0.25, 0.3) is 0 Å². The highest BCUT2D eigenvalue weighted by atomic mass is 28.4. The smallest absolute Gasteiger partial charge is 0.187 e. The maximum Gasteiger partial charge on any atom is 0.187 e. The second-order valence-electron chi connectivity index (χ2n) is 5.66. The SMILES string of the molecule is CCCC([SiH3])C(C)(OC)C(O)O[Si](C)(C)C. The van der Waals surface area contributed by atoms with Crippen molar-refractivity contribution >= 4 is 18.6 Å². The minimum Gasteiger partial charge on any atom is -0.391 e. The first-order chi connectivity index (χ1) is 7.17. The second kappa shape index (κ2) is 6.30. The molecule has 0 bridgehead atoms. The topological polar surface area (TPSA) is 38.7 Å². The van der Waals surface area contributed by atoms with Crippen LogP contribution in [-0.2, 0) is 9.16 Å². The van der Waals surface area contributed by atoms with Gasteiger partial charge in [0.25, 0.3) is 0 Å². The summed E-state index contributed by atoms with van der Waals surface area (Å²) >= 11 is 0. The Morgan fingerprint density at radius 2 is 1.88 bits per heavy atom. The van der Waals surface area contributed by atoms with E-state index in [2.05, 4.69) is 26.6 Å². The van der Waals surface area contributed by atoms with Crippen molar-refractivity contribution in [3.8, 4) is 0 Å². The Morgan fingerprint density at radius 1 is 1.38 bits per heavy atom. The Labute approximate surface area is 104 Å². The fourth-order valence-electron chi connectivity index (χ4n) is 1.72. The van der Waals surface area contributed by atoms with Crippen LogP contribution in [-0.4, -0.2) is 42.7 Å². The van der Waals surface area contributed by atoms with Crippen LogP contribution >= 0.6 is 0 Å². The Bertz CT molecular complexity index is 206. The molecule has 98 valence electrons. The molecule has 0 spiro atoms. The zero-order valence-corrected chi connectivity index (χ0v) is 14.8. The summed E-state index contributed by atoms with van der Waals surface area (Å²) in [5, 5.41) is 10.2. The number of aliphatic hydroxyl groups excluding tert-OH is 1. The maximum absolute atomic E-state index is 10.2. The molecule has 0 rings (SSSR count). The van der Waals surface area contributed by atoms with E-state index in [9.17, 15) is 5.11 Å². The minimum atomic E-state index is -1.73. The monoisotopic (exact) mass is 264 g/mol. The fourth-order valence-corrected chi connectivity index (χ4v) is 3.72. The van der Waals surface area contributed by atoms with Crippen molar-refractivity contribution in [2.75, 3.05) is 7.11 Å². The van der Waals surface area contributed by atoms with Crippen LogP contribution in [0.2, 0.25) is 25.2 Å². The van der Waals surface area contributed by atoms with Gasteiger partial charge in [-0.3, -0.25) is 0 Å². The molecule has 0 aromatic carbocycles. The summed E-state index contributed by atoms with van der Waals surface area (Å²) in [7, 11) is 0.940. The van der Waals surface area contributed by atoms with E-state index in [0.29, 0.717) is 5.54 Å². The molecule has 3 unspecified atom stereocenters. The minimum absolute atomic E-state index is 0.411. The zero-order valence-electron chi connectivity index (χ0n) is 11.8. The van der Waals surface area contributed by atoms with Gasteiger partial charge in [0.05, 0.1) is 0 Å². The van der Waals surface area contributed by atoms with Gasteiger partial charge in [0.2, 0.25) is 0 Å². The van der Waals surface area contributed by atoms with Crippen LogP contribution in [0.15, 0.2) is 0 Å². The Morgan fingerprint density at radius 3 is 2.19 bits per heavy atom. The van der Waals surface area contributed by atoms with E-state index in [1.807, 2.05) is 6.92 Å². The lowest BCUT2D eigenvalue weighted by molar-refractivity contribution is -0.182. The van der Waals surface area contributed by atoms with E-state index >= 15 is 0 Å². The molecule has 0 radical (unpaired) electrons. The average Bonchev–Trinajstić information content (AvgIpc) is 2.14. The Hall–Kier alpha value is 0.314. The van der Waals surface area contributed by atoms with E-state index in [-0.39, 0.29) is 0 Å². The van der Waals surface area contributed by atoms with Gasteiger partial charge in [-0.2, -0.15) is 0 Å². The van der Waals surface area contributed by atoms with Gasteiger partial charge in [0.15, 0.2) is 14.6 Å². The van der Waals surface area contributed by atoms with Gasteiger partial charge in [-0.25, -0.2) is 0 Å². The van der Waals surface area contributed by atoms with E-state index in [4.69, 9.17) is 9.16 Å². The molecule has 0 aliphatic carbocycles. The number of rotatable bonds is 7. The van der Waals surface area contributed by atoms with Gasteiger partial charge < -0.3 is 14.3 Å². The molecule has 3 atom stereocenters. The van der Waals surface area contributed by atoms with Crippen molar-refractivity contribution in [2.24, 2.45) is 0 Å². The summed E-state index contributed by atoms with van der Waals surface area (Å²) in [4.78, 5) is 0. The number of hydrogen-bond donors (Lipinski definition) is 1. The molecule has 0 aromatic rings. The zero-order chi connectivity index (χ0) is 13.0. The predicted molar refractivity (Wildman–Crippen MR) is 74.4 cm³/mol. The molecule has 16 heavy (non-hydrogen) atoms. The molecule has 0 aliphatic heterocycles. The van der Waals surface area contributed by atoms with Gasteiger partial charge >= 0.3 is 0 Å². The molecule has 0 amide bonds. The first-order valence-electron chi connectivity index (χ1n) is 6.08. The summed E-state index contributed by atoms with van der Waals surface area (Å²) in [5.41, 5.74) is -0.142. The van der Waals surface area contributed by atoms with E-state index in [0.717, 1.165) is 23.1 Å². The first-order valence-corrected chi connectivity index (χ1v) is 10.6. The van der Waals surface area contributed by atoms with Crippen molar-refractivity contribution in [2.45, 2.75) is 63.8 Å². The van der Waals surface area contributed by atoms with Crippen molar-refractivity contribution in [1.29, 1.82) is 0 Å². The number of methoxy groups -OCH3 is 1.